The highest BCUT2D eigenvalue weighted by Gasteiger charge is 2.31. The molecule has 0 aromatic heterocycles. The fourth-order valence-corrected chi connectivity index (χ4v) is 2.75. The van der Waals surface area contributed by atoms with Crippen LogP contribution in [-0.4, -0.2) is 42.3 Å². The number of amides is 1. The molecule has 1 aliphatic rings. The van der Waals surface area contributed by atoms with Crippen LogP contribution < -0.4 is 4.90 Å². The van der Waals surface area contributed by atoms with E-state index < -0.39 is 6.09 Å². The number of nitrogens with zero attached hydrogens (tertiary/aromatic N) is 2. The molecule has 1 aliphatic heterocycles. The number of piperidine rings is 1. The SMILES string of the molecule is C[C@H]1CN(C(=O)O)CC[C@H]1N(C)c1ccc(F)cc1. The molecule has 1 fully saturated rings. The molecule has 19 heavy (non-hydrogen) atoms. The second kappa shape index (κ2) is 5.47. The molecular weight excluding hydrogens is 247 g/mol. The van der Waals surface area contributed by atoms with Crippen LogP contribution in [0.15, 0.2) is 24.3 Å². The van der Waals surface area contributed by atoms with Gasteiger partial charge >= 0.3 is 6.09 Å². The molecule has 2 rings (SSSR count). The number of anilines is 1. The van der Waals surface area contributed by atoms with Crippen LogP contribution in [0.2, 0.25) is 0 Å². The van der Waals surface area contributed by atoms with E-state index in [1.165, 1.54) is 17.0 Å². The van der Waals surface area contributed by atoms with Gasteiger partial charge in [0.25, 0.3) is 0 Å². The van der Waals surface area contributed by atoms with E-state index in [2.05, 4.69) is 11.8 Å². The third-order valence-electron chi connectivity index (χ3n) is 3.86. The van der Waals surface area contributed by atoms with Crippen molar-refractivity contribution in [3.8, 4) is 0 Å². The van der Waals surface area contributed by atoms with E-state index in [9.17, 15) is 9.18 Å². The molecule has 0 spiro atoms. The quantitative estimate of drug-likeness (QED) is 0.895. The van der Waals surface area contributed by atoms with Gasteiger partial charge in [-0.2, -0.15) is 0 Å². The van der Waals surface area contributed by atoms with E-state index in [-0.39, 0.29) is 17.8 Å². The predicted molar refractivity (Wildman–Crippen MR) is 72.0 cm³/mol. The van der Waals surface area contributed by atoms with E-state index >= 15 is 0 Å². The standard InChI is InChI=1S/C14H19FN2O2/c1-10-9-17(14(18)19)8-7-13(10)16(2)12-5-3-11(15)4-6-12/h3-6,10,13H,7-9H2,1-2H3,(H,18,19)/t10-,13+/m0/s1. The Bertz CT molecular complexity index is 449. The van der Waals surface area contributed by atoms with Crippen LogP contribution in [0.1, 0.15) is 13.3 Å². The Morgan fingerprint density at radius 2 is 2.05 bits per heavy atom. The maximum Gasteiger partial charge on any atom is 0.407 e. The average molecular weight is 266 g/mol. The molecule has 1 N–H and O–H groups in total. The van der Waals surface area contributed by atoms with Gasteiger partial charge in [-0.05, 0) is 36.6 Å². The van der Waals surface area contributed by atoms with Gasteiger partial charge in [-0.15, -0.1) is 0 Å². The van der Waals surface area contributed by atoms with Gasteiger partial charge in [-0.25, -0.2) is 9.18 Å². The van der Waals surface area contributed by atoms with Crippen LogP contribution in [0.5, 0.6) is 0 Å². The van der Waals surface area contributed by atoms with Gasteiger partial charge < -0.3 is 14.9 Å². The zero-order valence-electron chi connectivity index (χ0n) is 11.2. The summed E-state index contributed by atoms with van der Waals surface area (Å²) in [6, 6.07) is 6.68. The zero-order chi connectivity index (χ0) is 14.0. The van der Waals surface area contributed by atoms with E-state index in [4.69, 9.17) is 5.11 Å². The first-order valence-corrected chi connectivity index (χ1v) is 6.45. The monoisotopic (exact) mass is 266 g/mol. The van der Waals surface area contributed by atoms with Crippen LogP contribution in [0, 0.1) is 11.7 Å². The van der Waals surface area contributed by atoms with Crippen molar-refractivity contribution in [2.24, 2.45) is 5.92 Å². The summed E-state index contributed by atoms with van der Waals surface area (Å²) < 4.78 is 12.9. The highest BCUT2D eigenvalue weighted by atomic mass is 19.1. The molecule has 104 valence electrons. The van der Waals surface area contributed by atoms with Crippen molar-refractivity contribution in [3.63, 3.8) is 0 Å². The largest absolute Gasteiger partial charge is 0.465 e. The minimum atomic E-state index is -0.852. The molecule has 1 heterocycles. The normalized spacial score (nSPS) is 23.2. The summed E-state index contributed by atoms with van der Waals surface area (Å²) in [4.78, 5) is 14.5. The summed E-state index contributed by atoms with van der Waals surface area (Å²) in [5.74, 6) is 0.00537. The third-order valence-corrected chi connectivity index (χ3v) is 3.86. The molecule has 0 bridgehead atoms. The smallest absolute Gasteiger partial charge is 0.407 e. The van der Waals surface area contributed by atoms with Crippen LogP contribution in [0.3, 0.4) is 0 Å². The Morgan fingerprint density at radius 3 is 2.58 bits per heavy atom. The molecule has 0 aliphatic carbocycles. The lowest BCUT2D eigenvalue weighted by Crippen LogP contribution is -2.50. The Labute approximate surface area is 112 Å². The van der Waals surface area contributed by atoms with Crippen molar-refractivity contribution >= 4 is 11.8 Å². The molecule has 0 saturated carbocycles. The summed E-state index contributed by atoms with van der Waals surface area (Å²) in [6.45, 7) is 3.15. The van der Waals surface area contributed by atoms with E-state index in [1.54, 1.807) is 12.1 Å². The Morgan fingerprint density at radius 1 is 1.42 bits per heavy atom. The molecule has 4 nitrogen and oxygen atoms in total. The number of hydrogen-bond donors (Lipinski definition) is 1. The van der Waals surface area contributed by atoms with E-state index in [0.717, 1.165) is 12.1 Å². The Kier molecular flexibility index (Phi) is 3.93. The lowest BCUT2D eigenvalue weighted by Gasteiger charge is -2.41. The van der Waals surface area contributed by atoms with Gasteiger partial charge in [0.05, 0.1) is 0 Å². The van der Waals surface area contributed by atoms with Crippen molar-refractivity contribution < 1.29 is 14.3 Å². The van der Waals surface area contributed by atoms with Crippen LogP contribution in [-0.2, 0) is 0 Å². The van der Waals surface area contributed by atoms with Crippen LogP contribution in [0.25, 0.3) is 0 Å². The predicted octanol–water partition coefficient (Wildman–Crippen LogP) is 2.65. The summed E-state index contributed by atoms with van der Waals surface area (Å²) in [5, 5.41) is 9.00. The van der Waals surface area contributed by atoms with Gasteiger partial charge in [0.15, 0.2) is 0 Å². The second-order valence-electron chi connectivity index (χ2n) is 5.15. The Balaban J connectivity index is 2.06. The molecule has 1 aromatic carbocycles. The zero-order valence-corrected chi connectivity index (χ0v) is 11.2. The molecular formula is C14H19FN2O2. The third kappa shape index (κ3) is 2.97. The number of carboxylic acid groups (broad SMARTS) is 1. The van der Waals surface area contributed by atoms with Gasteiger partial charge in [0, 0.05) is 31.9 Å². The van der Waals surface area contributed by atoms with Gasteiger partial charge in [-0.3, -0.25) is 0 Å². The summed E-state index contributed by atoms with van der Waals surface area (Å²) in [6.07, 6.45) is -0.0591. The van der Waals surface area contributed by atoms with Crippen molar-refractivity contribution in [2.75, 3.05) is 25.0 Å². The van der Waals surface area contributed by atoms with Crippen molar-refractivity contribution in [1.82, 2.24) is 4.90 Å². The van der Waals surface area contributed by atoms with Gasteiger partial charge in [0.1, 0.15) is 5.82 Å². The van der Waals surface area contributed by atoms with Crippen molar-refractivity contribution in [2.45, 2.75) is 19.4 Å². The molecule has 1 aromatic rings. The lowest BCUT2D eigenvalue weighted by atomic mass is 9.92. The minimum Gasteiger partial charge on any atom is -0.465 e. The first-order chi connectivity index (χ1) is 8.99. The fraction of sp³-hybridized carbons (Fsp3) is 0.500. The first kappa shape index (κ1) is 13.6. The summed E-state index contributed by atoms with van der Waals surface area (Å²) >= 11 is 0. The highest BCUT2D eigenvalue weighted by molar-refractivity contribution is 5.65. The molecule has 2 atom stereocenters. The number of rotatable bonds is 2. The number of carbonyl (C=O) groups is 1. The molecule has 0 radical (unpaired) electrons. The fourth-order valence-electron chi connectivity index (χ4n) is 2.75. The molecule has 5 heteroatoms. The number of likely N-dealkylation sites (tertiary alicyclic amines) is 1. The first-order valence-electron chi connectivity index (χ1n) is 6.45. The van der Waals surface area contributed by atoms with Gasteiger partial charge in [-0.1, -0.05) is 6.92 Å². The van der Waals surface area contributed by atoms with Crippen LogP contribution in [0.4, 0.5) is 14.9 Å². The van der Waals surface area contributed by atoms with Crippen molar-refractivity contribution in [1.29, 1.82) is 0 Å². The molecule has 1 amide bonds. The minimum absolute atomic E-state index is 0.245. The van der Waals surface area contributed by atoms with Crippen molar-refractivity contribution in [3.05, 3.63) is 30.1 Å². The number of hydrogen-bond acceptors (Lipinski definition) is 2. The average Bonchev–Trinajstić information content (AvgIpc) is 2.38. The number of benzene rings is 1. The summed E-state index contributed by atoms with van der Waals surface area (Å²) in [5.41, 5.74) is 0.960. The highest BCUT2D eigenvalue weighted by Crippen LogP contribution is 2.26. The second-order valence-corrected chi connectivity index (χ2v) is 5.15. The number of halogens is 1. The Hall–Kier alpha value is -1.78. The van der Waals surface area contributed by atoms with E-state index in [0.29, 0.717) is 13.1 Å². The van der Waals surface area contributed by atoms with Gasteiger partial charge in [0.2, 0.25) is 0 Å². The maximum atomic E-state index is 12.9. The summed E-state index contributed by atoms with van der Waals surface area (Å²) in [7, 11) is 1.98. The van der Waals surface area contributed by atoms with Crippen LogP contribution >= 0.6 is 0 Å². The molecule has 1 saturated heterocycles. The lowest BCUT2D eigenvalue weighted by molar-refractivity contribution is 0.116. The maximum absolute atomic E-state index is 12.9. The molecule has 0 unspecified atom stereocenters. The van der Waals surface area contributed by atoms with E-state index in [1.807, 2.05) is 7.05 Å². The topological polar surface area (TPSA) is 43.8 Å².